The number of imide groups is 1. The molecule has 31 heavy (non-hydrogen) atoms. The molecule has 0 aliphatic carbocycles. The van der Waals surface area contributed by atoms with Gasteiger partial charge in [-0.1, -0.05) is 0 Å². The number of Topliss-reactive ketones (excluding diaryl/α,β-unsaturated/α-hetero) is 1. The van der Waals surface area contributed by atoms with Crippen molar-refractivity contribution in [2.24, 2.45) is 0 Å². The van der Waals surface area contributed by atoms with E-state index < -0.39 is 23.6 Å². The molecule has 0 bridgehead atoms. The zero-order valence-electron chi connectivity index (χ0n) is 16.6. The topological polar surface area (TPSA) is 122 Å². The Balaban J connectivity index is 1.41. The predicted octanol–water partition coefficient (Wildman–Crippen LogP) is 1.02. The number of piperidine rings is 1. The Labute approximate surface area is 181 Å². The second-order valence-electron chi connectivity index (χ2n) is 7.19. The summed E-state index contributed by atoms with van der Waals surface area (Å²) in [6, 6.07) is 5.53. The van der Waals surface area contributed by atoms with Crippen molar-refractivity contribution in [3.05, 3.63) is 51.2 Å². The number of nitrogens with zero attached hydrogens (tertiary/aromatic N) is 1. The van der Waals surface area contributed by atoms with E-state index in [9.17, 15) is 24.0 Å². The smallest absolute Gasteiger partial charge is 0.292 e. The number of amides is 4. The van der Waals surface area contributed by atoms with Crippen LogP contribution in [0.3, 0.4) is 0 Å². The molecule has 0 unspecified atom stereocenters. The van der Waals surface area contributed by atoms with Gasteiger partial charge in [-0.05, 0) is 36.2 Å². The summed E-state index contributed by atoms with van der Waals surface area (Å²) in [5, 5.41) is 6.56. The highest BCUT2D eigenvalue weighted by Crippen LogP contribution is 2.33. The molecule has 3 heterocycles. The van der Waals surface area contributed by atoms with Crippen LogP contribution in [0.15, 0.2) is 29.6 Å². The minimum Gasteiger partial charge on any atom is -0.497 e. The van der Waals surface area contributed by atoms with Gasteiger partial charge in [0.2, 0.25) is 17.6 Å². The van der Waals surface area contributed by atoms with Crippen molar-refractivity contribution in [3.63, 3.8) is 0 Å². The zero-order chi connectivity index (χ0) is 22.1. The van der Waals surface area contributed by atoms with Crippen LogP contribution in [-0.2, 0) is 27.5 Å². The van der Waals surface area contributed by atoms with Crippen molar-refractivity contribution in [3.8, 4) is 5.75 Å². The Morgan fingerprint density at radius 3 is 2.65 bits per heavy atom. The van der Waals surface area contributed by atoms with Gasteiger partial charge in [0.15, 0.2) is 0 Å². The SMILES string of the molecule is COc1ccc(C(=O)C(=O)NCc2scc3c2CN([C@H]2CCC(=O)NC2=O)C3=O)cc1. The summed E-state index contributed by atoms with van der Waals surface area (Å²) in [5.74, 6) is -1.93. The minimum atomic E-state index is -0.751. The lowest BCUT2D eigenvalue weighted by Crippen LogP contribution is -2.52. The van der Waals surface area contributed by atoms with E-state index in [1.54, 1.807) is 17.5 Å². The maximum atomic E-state index is 12.7. The molecule has 2 aliphatic rings. The molecule has 160 valence electrons. The molecule has 4 amide bonds. The van der Waals surface area contributed by atoms with Crippen LogP contribution >= 0.6 is 11.3 Å². The van der Waals surface area contributed by atoms with Gasteiger partial charge >= 0.3 is 0 Å². The monoisotopic (exact) mass is 441 g/mol. The van der Waals surface area contributed by atoms with E-state index in [0.29, 0.717) is 11.3 Å². The molecule has 9 nitrogen and oxygen atoms in total. The number of methoxy groups -OCH3 is 1. The molecule has 0 saturated carbocycles. The molecule has 1 fully saturated rings. The van der Waals surface area contributed by atoms with Gasteiger partial charge in [-0.25, -0.2) is 0 Å². The molecular formula is C21H19N3O6S. The van der Waals surface area contributed by atoms with E-state index in [0.717, 1.165) is 10.4 Å². The fourth-order valence-electron chi connectivity index (χ4n) is 3.67. The van der Waals surface area contributed by atoms with Gasteiger partial charge < -0.3 is 15.0 Å². The lowest BCUT2D eigenvalue weighted by molar-refractivity contribution is -0.136. The van der Waals surface area contributed by atoms with Crippen molar-refractivity contribution in [2.45, 2.75) is 32.0 Å². The molecule has 1 saturated heterocycles. The highest BCUT2D eigenvalue weighted by atomic mass is 32.1. The summed E-state index contributed by atoms with van der Waals surface area (Å²) in [4.78, 5) is 63.1. The third-order valence-electron chi connectivity index (χ3n) is 5.35. The summed E-state index contributed by atoms with van der Waals surface area (Å²) in [6.45, 7) is 0.318. The number of carbonyl (C=O) groups is 5. The first kappa shape index (κ1) is 20.7. The number of benzene rings is 1. The molecule has 2 aromatic rings. The summed E-state index contributed by atoms with van der Waals surface area (Å²) in [5.41, 5.74) is 1.46. The Kier molecular flexibility index (Phi) is 5.55. The van der Waals surface area contributed by atoms with Crippen LogP contribution in [0.1, 0.15) is 44.0 Å². The van der Waals surface area contributed by atoms with Crippen molar-refractivity contribution in [1.82, 2.24) is 15.5 Å². The van der Waals surface area contributed by atoms with Crippen LogP contribution in [-0.4, -0.2) is 47.5 Å². The Morgan fingerprint density at radius 1 is 1.23 bits per heavy atom. The molecule has 4 rings (SSSR count). The van der Waals surface area contributed by atoms with E-state index in [1.165, 1.54) is 35.5 Å². The molecule has 10 heteroatoms. The second-order valence-corrected chi connectivity index (χ2v) is 8.16. The fourth-order valence-corrected chi connectivity index (χ4v) is 4.64. The number of hydrogen-bond donors (Lipinski definition) is 2. The molecule has 0 radical (unpaired) electrons. The highest BCUT2D eigenvalue weighted by molar-refractivity contribution is 7.10. The Bertz CT molecular complexity index is 1090. The predicted molar refractivity (Wildman–Crippen MR) is 110 cm³/mol. The molecule has 2 aliphatic heterocycles. The third kappa shape index (κ3) is 3.93. The van der Waals surface area contributed by atoms with E-state index >= 15 is 0 Å². The summed E-state index contributed by atoms with van der Waals surface area (Å²) in [6.07, 6.45) is 0.468. The number of ether oxygens (including phenoxy) is 1. The van der Waals surface area contributed by atoms with Crippen LogP contribution in [0, 0.1) is 0 Å². The Hall–Kier alpha value is -3.53. The number of ketones is 1. The van der Waals surface area contributed by atoms with Gasteiger partial charge in [-0.15, -0.1) is 11.3 Å². The fraction of sp³-hybridized carbons (Fsp3) is 0.286. The maximum Gasteiger partial charge on any atom is 0.292 e. The molecule has 1 aromatic carbocycles. The number of rotatable bonds is 6. The van der Waals surface area contributed by atoms with E-state index in [2.05, 4.69) is 10.6 Å². The molecule has 2 N–H and O–H groups in total. The Morgan fingerprint density at radius 2 is 1.97 bits per heavy atom. The number of nitrogens with one attached hydrogen (secondary N) is 2. The summed E-state index contributed by atoms with van der Waals surface area (Å²) >= 11 is 1.32. The summed E-state index contributed by atoms with van der Waals surface area (Å²) in [7, 11) is 1.51. The number of thiophene rings is 1. The lowest BCUT2D eigenvalue weighted by Gasteiger charge is -2.29. The van der Waals surface area contributed by atoms with Crippen molar-refractivity contribution in [1.29, 1.82) is 0 Å². The molecule has 1 atom stereocenters. The third-order valence-corrected chi connectivity index (χ3v) is 6.38. The number of hydrogen-bond acceptors (Lipinski definition) is 7. The van der Waals surface area contributed by atoms with Gasteiger partial charge in [0.25, 0.3) is 11.8 Å². The average Bonchev–Trinajstić information content (AvgIpc) is 3.31. The number of carbonyl (C=O) groups excluding carboxylic acids is 5. The van der Waals surface area contributed by atoms with Gasteiger partial charge in [0.1, 0.15) is 11.8 Å². The maximum absolute atomic E-state index is 12.7. The first-order valence-electron chi connectivity index (χ1n) is 9.59. The largest absolute Gasteiger partial charge is 0.497 e. The average molecular weight is 441 g/mol. The van der Waals surface area contributed by atoms with Crippen LogP contribution in [0.5, 0.6) is 5.75 Å². The van der Waals surface area contributed by atoms with E-state index in [-0.39, 0.29) is 43.3 Å². The van der Waals surface area contributed by atoms with Crippen molar-refractivity contribution in [2.75, 3.05) is 7.11 Å². The van der Waals surface area contributed by atoms with E-state index in [4.69, 9.17) is 4.74 Å². The van der Waals surface area contributed by atoms with Crippen LogP contribution in [0.2, 0.25) is 0 Å². The van der Waals surface area contributed by atoms with Crippen molar-refractivity contribution >= 4 is 40.7 Å². The zero-order valence-corrected chi connectivity index (χ0v) is 17.4. The highest BCUT2D eigenvalue weighted by Gasteiger charge is 2.40. The quantitative estimate of drug-likeness (QED) is 0.392. The van der Waals surface area contributed by atoms with Crippen LogP contribution < -0.4 is 15.4 Å². The molecule has 1 aromatic heterocycles. The first-order chi connectivity index (χ1) is 14.9. The van der Waals surface area contributed by atoms with Crippen molar-refractivity contribution < 1.29 is 28.7 Å². The molecule has 0 spiro atoms. The van der Waals surface area contributed by atoms with Crippen LogP contribution in [0.4, 0.5) is 0 Å². The van der Waals surface area contributed by atoms with Gasteiger partial charge in [-0.3, -0.25) is 29.3 Å². The second kappa shape index (κ2) is 8.31. The standard InChI is InChI=1S/C21H19N3O6S/c1-30-12-4-2-11(3-5-12)18(26)20(28)22-8-16-13-9-24(21(29)14(13)10-31-16)15-6-7-17(25)23-19(15)27/h2-5,10,15H,6-9H2,1H3,(H,22,28)(H,23,25,27)/t15-/m0/s1. The number of fused-ring (bicyclic) bond motifs is 1. The van der Waals surface area contributed by atoms with Gasteiger partial charge in [-0.2, -0.15) is 0 Å². The summed E-state index contributed by atoms with van der Waals surface area (Å²) < 4.78 is 5.04. The van der Waals surface area contributed by atoms with E-state index in [1.807, 2.05) is 0 Å². The normalized spacial score (nSPS) is 17.9. The lowest BCUT2D eigenvalue weighted by atomic mass is 10.0. The minimum absolute atomic E-state index is 0.0944. The van der Waals surface area contributed by atoms with Crippen LogP contribution in [0.25, 0.3) is 0 Å². The molecular weight excluding hydrogens is 422 g/mol. The first-order valence-corrected chi connectivity index (χ1v) is 10.5. The van der Waals surface area contributed by atoms with Gasteiger partial charge in [0.05, 0.1) is 19.2 Å². The van der Waals surface area contributed by atoms with Gasteiger partial charge in [0, 0.05) is 28.8 Å².